The number of rotatable bonds is 6. The molecule has 30 heavy (non-hydrogen) atoms. The fourth-order valence-electron chi connectivity index (χ4n) is 3.65. The van der Waals surface area contributed by atoms with Crippen molar-refractivity contribution in [3.05, 3.63) is 87.4 Å². The average Bonchev–Trinajstić information content (AvgIpc) is 3.22. The van der Waals surface area contributed by atoms with Crippen LogP contribution in [0, 0.1) is 11.3 Å². The van der Waals surface area contributed by atoms with Crippen LogP contribution in [0.5, 0.6) is 0 Å². The Morgan fingerprint density at radius 1 is 1.00 bits per heavy atom. The topological polar surface area (TPSA) is 60.2 Å². The van der Waals surface area contributed by atoms with Crippen molar-refractivity contribution in [2.45, 2.75) is 19.4 Å². The van der Waals surface area contributed by atoms with Gasteiger partial charge in [-0.1, -0.05) is 42.5 Å². The van der Waals surface area contributed by atoms with Gasteiger partial charge < -0.3 is 4.90 Å². The number of amides is 1. The molecular weight excluding hydrogens is 392 g/mol. The third-order valence-electron chi connectivity index (χ3n) is 5.34. The number of piperazine rings is 1. The number of carbonyl (C=O) groups is 1. The van der Waals surface area contributed by atoms with Crippen molar-refractivity contribution < 1.29 is 4.79 Å². The molecular formula is C24H24N4OS. The minimum Gasteiger partial charge on any atom is -0.340 e. The summed E-state index contributed by atoms with van der Waals surface area (Å²) in [4.78, 5) is 21.7. The lowest BCUT2D eigenvalue weighted by molar-refractivity contribution is -0.132. The van der Waals surface area contributed by atoms with Gasteiger partial charge in [-0.2, -0.15) is 5.26 Å². The largest absolute Gasteiger partial charge is 0.340 e. The van der Waals surface area contributed by atoms with E-state index < -0.39 is 0 Å². The first-order valence-corrected chi connectivity index (χ1v) is 11.0. The Hall–Kier alpha value is -3.01. The predicted octanol–water partition coefficient (Wildman–Crippen LogP) is 3.49. The molecule has 1 saturated heterocycles. The number of aromatic nitrogens is 1. The molecule has 3 aromatic rings. The summed E-state index contributed by atoms with van der Waals surface area (Å²) in [5.41, 5.74) is 3.99. The van der Waals surface area contributed by atoms with Crippen LogP contribution in [0.1, 0.15) is 27.4 Å². The van der Waals surface area contributed by atoms with Crippen LogP contribution in [-0.4, -0.2) is 46.9 Å². The lowest BCUT2D eigenvalue weighted by Gasteiger charge is -2.34. The molecule has 152 valence electrons. The average molecular weight is 417 g/mol. The van der Waals surface area contributed by atoms with E-state index in [9.17, 15) is 4.79 Å². The van der Waals surface area contributed by atoms with E-state index in [4.69, 9.17) is 5.26 Å². The predicted molar refractivity (Wildman–Crippen MR) is 118 cm³/mol. The maximum absolute atomic E-state index is 12.7. The van der Waals surface area contributed by atoms with Crippen molar-refractivity contribution >= 4 is 17.2 Å². The second-order valence-corrected chi connectivity index (χ2v) is 8.48. The fraction of sp³-hybridized carbons (Fsp3) is 0.292. The number of hydrogen-bond acceptors (Lipinski definition) is 5. The molecule has 1 aliphatic rings. The van der Waals surface area contributed by atoms with Crippen LogP contribution in [0.2, 0.25) is 0 Å². The maximum atomic E-state index is 12.7. The van der Waals surface area contributed by atoms with E-state index in [-0.39, 0.29) is 5.91 Å². The number of benzene rings is 2. The molecule has 0 saturated carbocycles. The zero-order valence-corrected chi connectivity index (χ0v) is 17.6. The second kappa shape index (κ2) is 9.66. The zero-order chi connectivity index (χ0) is 20.8. The van der Waals surface area contributed by atoms with E-state index in [2.05, 4.69) is 28.1 Å². The molecule has 2 aromatic carbocycles. The van der Waals surface area contributed by atoms with Crippen molar-refractivity contribution in [2.24, 2.45) is 0 Å². The van der Waals surface area contributed by atoms with Crippen LogP contribution in [0.25, 0.3) is 0 Å². The molecule has 0 spiro atoms. The molecule has 0 radical (unpaired) electrons. The quantitative estimate of drug-likeness (QED) is 0.617. The Bertz CT molecular complexity index is 1020. The van der Waals surface area contributed by atoms with E-state index in [1.54, 1.807) is 11.3 Å². The number of hydrogen-bond donors (Lipinski definition) is 0. The molecule has 0 aliphatic carbocycles. The smallest absolute Gasteiger partial charge is 0.228 e. The van der Waals surface area contributed by atoms with Crippen LogP contribution < -0.4 is 0 Å². The van der Waals surface area contributed by atoms with Crippen LogP contribution in [-0.2, 0) is 24.2 Å². The van der Waals surface area contributed by atoms with Gasteiger partial charge in [-0.05, 0) is 23.3 Å². The van der Waals surface area contributed by atoms with Crippen LogP contribution in [0.3, 0.4) is 0 Å². The Balaban J connectivity index is 1.25. The summed E-state index contributed by atoms with van der Waals surface area (Å²) in [5.74, 6) is 0.157. The third kappa shape index (κ3) is 5.32. The summed E-state index contributed by atoms with van der Waals surface area (Å²) >= 11 is 1.63. The van der Waals surface area contributed by atoms with Crippen LogP contribution in [0.15, 0.2) is 60.0 Å². The molecule has 0 N–H and O–H groups in total. The maximum Gasteiger partial charge on any atom is 0.228 e. The van der Waals surface area contributed by atoms with Crippen molar-refractivity contribution in [3.63, 3.8) is 0 Å². The van der Waals surface area contributed by atoms with Gasteiger partial charge in [0.05, 0.1) is 28.8 Å². The normalized spacial score (nSPS) is 14.4. The van der Waals surface area contributed by atoms with Gasteiger partial charge in [0.1, 0.15) is 0 Å². The first kappa shape index (κ1) is 20.3. The second-order valence-electron chi connectivity index (χ2n) is 7.54. The minimum absolute atomic E-state index is 0.157. The molecule has 1 aliphatic heterocycles. The highest BCUT2D eigenvalue weighted by Crippen LogP contribution is 2.16. The lowest BCUT2D eigenvalue weighted by Crippen LogP contribution is -2.48. The molecule has 5 nitrogen and oxygen atoms in total. The number of nitrogens with zero attached hydrogens (tertiary/aromatic N) is 4. The molecule has 1 aromatic heterocycles. The van der Waals surface area contributed by atoms with Crippen molar-refractivity contribution in [3.8, 4) is 6.07 Å². The Morgan fingerprint density at radius 2 is 1.73 bits per heavy atom. The van der Waals surface area contributed by atoms with E-state index in [1.807, 2.05) is 52.7 Å². The number of thiazole rings is 1. The first-order chi connectivity index (χ1) is 14.7. The zero-order valence-electron chi connectivity index (χ0n) is 16.8. The monoisotopic (exact) mass is 416 g/mol. The Labute approximate surface area is 181 Å². The highest BCUT2D eigenvalue weighted by molar-refractivity contribution is 7.09. The Kier molecular flexibility index (Phi) is 6.53. The summed E-state index contributed by atoms with van der Waals surface area (Å²) in [6.07, 6.45) is 1.19. The van der Waals surface area contributed by atoms with Crippen LogP contribution in [0.4, 0.5) is 0 Å². The number of nitriles is 1. The van der Waals surface area contributed by atoms with Gasteiger partial charge in [0.15, 0.2) is 0 Å². The summed E-state index contributed by atoms with van der Waals surface area (Å²) in [6, 6.07) is 20.2. The molecule has 6 heteroatoms. The minimum atomic E-state index is 0.157. The van der Waals surface area contributed by atoms with Gasteiger partial charge in [-0.25, -0.2) is 4.98 Å². The summed E-state index contributed by atoms with van der Waals surface area (Å²) in [5, 5.41) is 12.0. The fourth-order valence-corrected chi connectivity index (χ4v) is 4.47. The summed E-state index contributed by atoms with van der Waals surface area (Å²) in [7, 11) is 0. The summed E-state index contributed by atoms with van der Waals surface area (Å²) < 4.78 is 0. The standard InChI is InChI=1S/C24H24N4OS/c25-16-20-6-8-21(9-7-20)17-27-10-12-28(13-11-27)24(29)15-22-18-30-23(26-22)14-19-4-2-1-3-5-19/h1-9,18H,10-15,17H2. The van der Waals surface area contributed by atoms with Gasteiger partial charge in [0, 0.05) is 44.5 Å². The van der Waals surface area contributed by atoms with Gasteiger partial charge in [0.25, 0.3) is 0 Å². The van der Waals surface area contributed by atoms with E-state index in [0.29, 0.717) is 12.0 Å². The lowest BCUT2D eigenvalue weighted by atomic mass is 10.1. The molecule has 2 heterocycles. The van der Waals surface area contributed by atoms with E-state index >= 15 is 0 Å². The SMILES string of the molecule is N#Cc1ccc(CN2CCN(C(=O)Cc3csc(Cc4ccccc4)n3)CC2)cc1. The van der Waals surface area contributed by atoms with Gasteiger partial charge >= 0.3 is 0 Å². The molecule has 0 bridgehead atoms. The number of carbonyl (C=O) groups excluding carboxylic acids is 1. The molecule has 1 fully saturated rings. The van der Waals surface area contributed by atoms with Crippen molar-refractivity contribution in [1.29, 1.82) is 5.26 Å². The highest BCUT2D eigenvalue weighted by atomic mass is 32.1. The molecule has 4 rings (SSSR count). The molecule has 0 atom stereocenters. The molecule has 1 amide bonds. The van der Waals surface area contributed by atoms with Gasteiger partial charge in [-0.15, -0.1) is 11.3 Å². The first-order valence-electron chi connectivity index (χ1n) is 10.2. The van der Waals surface area contributed by atoms with Gasteiger partial charge in [-0.3, -0.25) is 9.69 Å². The van der Waals surface area contributed by atoms with Crippen LogP contribution >= 0.6 is 11.3 Å². The van der Waals surface area contributed by atoms with E-state index in [1.165, 1.54) is 11.1 Å². The summed E-state index contributed by atoms with van der Waals surface area (Å²) in [6.45, 7) is 4.07. The van der Waals surface area contributed by atoms with Crippen molar-refractivity contribution in [2.75, 3.05) is 26.2 Å². The third-order valence-corrected chi connectivity index (χ3v) is 6.24. The molecule has 0 unspecified atom stereocenters. The van der Waals surface area contributed by atoms with Gasteiger partial charge in [0.2, 0.25) is 5.91 Å². The van der Waals surface area contributed by atoms with Crippen molar-refractivity contribution in [1.82, 2.24) is 14.8 Å². The van der Waals surface area contributed by atoms with E-state index in [0.717, 1.165) is 49.8 Å². The Morgan fingerprint density at radius 3 is 2.43 bits per heavy atom. The highest BCUT2D eigenvalue weighted by Gasteiger charge is 2.22.